The summed E-state index contributed by atoms with van der Waals surface area (Å²) < 4.78 is 0. The van der Waals surface area contributed by atoms with E-state index in [4.69, 9.17) is 6.57 Å². The molecule has 0 aliphatic carbocycles. The van der Waals surface area contributed by atoms with Gasteiger partial charge in [-0.1, -0.05) is 43.9 Å². The number of rotatable bonds is 4. The van der Waals surface area contributed by atoms with Crippen LogP contribution in [0.15, 0.2) is 24.3 Å². The molecule has 0 radical (unpaired) electrons. The van der Waals surface area contributed by atoms with Gasteiger partial charge in [-0.05, 0) is 6.07 Å². The fourth-order valence-electron chi connectivity index (χ4n) is 1.59. The number of anilines is 2. The number of nitro groups is 1. The molecule has 2 aromatic rings. The summed E-state index contributed by atoms with van der Waals surface area (Å²) >= 11 is 1.35. The minimum Gasteiger partial charge on any atom is -0.358 e. The zero-order valence-electron chi connectivity index (χ0n) is 11.0. The van der Waals surface area contributed by atoms with Crippen LogP contribution < -0.4 is 5.32 Å². The smallest absolute Gasteiger partial charge is 0.304 e. The molecule has 102 valence electrons. The Morgan fingerprint density at radius 3 is 2.75 bits per heavy atom. The first-order chi connectivity index (χ1) is 9.52. The maximum absolute atomic E-state index is 11.0. The average Bonchev–Trinajstić information content (AvgIpc) is 2.82. The molecule has 0 amide bonds. The molecule has 0 spiro atoms. The molecule has 0 bridgehead atoms. The molecule has 0 saturated heterocycles. The summed E-state index contributed by atoms with van der Waals surface area (Å²) in [5.74, 6) is 0.457. The van der Waals surface area contributed by atoms with Crippen molar-refractivity contribution in [2.45, 2.75) is 19.8 Å². The van der Waals surface area contributed by atoms with Gasteiger partial charge in [-0.2, -0.15) is 0 Å². The lowest BCUT2D eigenvalue weighted by Crippen LogP contribution is -1.95. The van der Waals surface area contributed by atoms with Crippen LogP contribution in [0.1, 0.15) is 24.8 Å². The lowest BCUT2D eigenvalue weighted by Gasteiger charge is -2.04. The number of hydrogen-bond donors (Lipinski definition) is 1. The molecule has 0 aliphatic rings. The van der Waals surface area contributed by atoms with Crippen LogP contribution in [0.5, 0.6) is 0 Å². The molecule has 20 heavy (non-hydrogen) atoms. The van der Waals surface area contributed by atoms with Crippen LogP contribution in [0, 0.1) is 16.7 Å². The van der Waals surface area contributed by atoms with E-state index in [1.165, 1.54) is 17.4 Å². The van der Waals surface area contributed by atoms with Gasteiger partial charge in [-0.15, -0.1) is 4.98 Å². The van der Waals surface area contributed by atoms with E-state index in [2.05, 4.69) is 15.1 Å². The Kier molecular flexibility index (Phi) is 3.96. The third-order valence-electron chi connectivity index (χ3n) is 2.57. The molecular weight excluding hydrogens is 276 g/mol. The number of nitrogens with zero attached hydrogens (tertiary/aromatic N) is 3. The van der Waals surface area contributed by atoms with Crippen LogP contribution in [-0.2, 0) is 0 Å². The van der Waals surface area contributed by atoms with Gasteiger partial charge in [0.15, 0.2) is 5.01 Å². The molecule has 7 heteroatoms. The van der Waals surface area contributed by atoms with E-state index in [-0.39, 0.29) is 17.4 Å². The van der Waals surface area contributed by atoms with Gasteiger partial charge < -0.3 is 10.2 Å². The molecule has 1 aromatic heterocycles. The van der Waals surface area contributed by atoms with Gasteiger partial charge in [-0.3, -0.25) is 10.1 Å². The van der Waals surface area contributed by atoms with Gasteiger partial charge in [0.2, 0.25) is 0 Å². The number of para-hydroxylation sites is 2. The summed E-state index contributed by atoms with van der Waals surface area (Å²) in [5, 5.41) is 15.3. The van der Waals surface area contributed by atoms with Crippen molar-refractivity contribution in [2.75, 3.05) is 5.32 Å². The monoisotopic (exact) mass is 288 g/mol. The summed E-state index contributed by atoms with van der Waals surface area (Å²) in [5.41, 5.74) is 0.337. The molecule has 1 aromatic carbocycles. The van der Waals surface area contributed by atoms with Crippen molar-refractivity contribution in [2.24, 2.45) is 0 Å². The number of nitro benzene ring substituents is 1. The minimum absolute atomic E-state index is 0.0251. The lowest BCUT2D eigenvalue weighted by molar-refractivity contribution is -0.383. The molecular formula is C13H12N4O2S. The van der Waals surface area contributed by atoms with Crippen LogP contribution in [0.2, 0.25) is 0 Å². The van der Waals surface area contributed by atoms with E-state index >= 15 is 0 Å². The lowest BCUT2D eigenvalue weighted by atomic mass is 10.2. The van der Waals surface area contributed by atoms with Crippen molar-refractivity contribution in [1.82, 2.24) is 4.98 Å². The topological polar surface area (TPSA) is 72.4 Å². The van der Waals surface area contributed by atoms with Gasteiger partial charge in [0.25, 0.3) is 5.69 Å². The quantitative estimate of drug-likeness (QED) is 0.512. The van der Waals surface area contributed by atoms with Gasteiger partial charge in [0.1, 0.15) is 10.7 Å². The first-order valence-corrected chi connectivity index (χ1v) is 6.73. The Labute approximate surface area is 120 Å². The molecule has 2 rings (SSSR count). The van der Waals surface area contributed by atoms with E-state index < -0.39 is 4.92 Å². The number of hydrogen-bond acceptors (Lipinski definition) is 5. The van der Waals surface area contributed by atoms with E-state index in [1.807, 2.05) is 13.8 Å². The summed E-state index contributed by atoms with van der Waals surface area (Å²) in [7, 11) is 0. The maximum Gasteiger partial charge on any atom is 0.304 e. The second-order valence-corrected chi connectivity index (χ2v) is 5.40. The molecule has 0 saturated carbocycles. The standard InChI is InChI=1S/C13H12N4O2S/c1-8(2)12-16-11(14-3)13(20-12)15-9-6-4-5-7-10(9)17(18)19/h4-8,15H,1-2H3. The SMILES string of the molecule is [C-]#[N+]c1nc(C(C)C)sc1Nc1ccccc1[N+](=O)[O-]. The summed E-state index contributed by atoms with van der Waals surface area (Å²) in [4.78, 5) is 18.1. The number of thiazole rings is 1. The molecule has 0 atom stereocenters. The van der Waals surface area contributed by atoms with Gasteiger partial charge in [-0.25, -0.2) is 0 Å². The van der Waals surface area contributed by atoms with Crippen molar-refractivity contribution < 1.29 is 4.92 Å². The summed E-state index contributed by atoms with van der Waals surface area (Å²) in [6.07, 6.45) is 0. The molecule has 6 nitrogen and oxygen atoms in total. The van der Waals surface area contributed by atoms with Crippen molar-refractivity contribution in [3.63, 3.8) is 0 Å². The first-order valence-electron chi connectivity index (χ1n) is 5.91. The van der Waals surface area contributed by atoms with Crippen LogP contribution in [-0.4, -0.2) is 9.91 Å². The third-order valence-corrected chi connectivity index (χ3v) is 3.84. The van der Waals surface area contributed by atoms with Crippen LogP contribution in [0.3, 0.4) is 0 Å². The molecule has 0 aliphatic heterocycles. The molecule has 1 N–H and O–H groups in total. The Morgan fingerprint density at radius 2 is 2.15 bits per heavy atom. The van der Waals surface area contributed by atoms with Crippen LogP contribution in [0.25, 0.3) is 4.85 Å². The van der Waals surface area contributed by atoms with Crippen molar-refractivity contribution in [3.8, 4) is 0 Å². The van der Waals surface area contributed by atoms with Crippen molar-refractivity contribution >= 4 is 33.5 Å². The van der Waals surface area contributed by atoms with E-state index in [1.54, 1.807) is 18.2 Å². The highest BCUT2D eigenvalue weighted by Gasteiger charge is 2.19. The fourth-order valence-corrected chi connectivity index (χ4v) is 2.51. The summed E-state index contributed by atoms with van der Waals surface area (Å²) in [6, 6.07) is 6.34. The van der Waals surface area contributed by atoms with Crippen molar-refractivity contribution in [3.05, 3.63) is 50.8 Å². The Hall–Kier alpha value is -2.46. The molecule has 0 fully saturated rings. The predicted octanol–water partition coefficient (Wildman–Crippen LogP) is 4.47. The van der Waals surface area contributed by atoms with Crippen molar-refractivity contribution in [1.29, 1.82) is 0 Å². The number of aromatic nitrogens is 1. The fraction of sp³-hybridized carbons (Fsp3) is 0.231. The predicted molar refractivity (Wildman–Crippen MR) is 78.8 cm³/mol. The normalized spacial score (nSPS) is 10.3. The van der Waals surface area contributed by atoms with Gasteiger partial charge >= 0.3 is 5.82 Å². The summed E-state index contributed by atoms with van der Waals surface area (Å²) in [6.45, 7) is 11.1. The number of nitrogens with one attached hydrogen (secondary N) is 1. The first kappa shape index (κ1) is 14.0. The van der Waals surface area contributed by atoms with Gasteiger partial charge in [0.05, 0.1) is 4.92 Å². The van der Waals surface area contributed by atoms with E-state index in [0.717, 1.165) is 5.01 Å². The number of benzene rings is 1. The van der Waals surface area contributed by atoms with Crippen LogP contribution >= 0.6 is 11.3 Å². The van der Waals surface area contributed by atoms with E-state index in [9.17, 15) is 10.1 Å². The second-order valence-electron chi connectivity index (χ2n) is 4.37. The minimum atomic E-state index is -0.454. The highest BCUT2D eigenvalue weighted by atomic mass is 32.1. The van der Waals surface area contributed by atoms with Gasteiger partial charge in [0, 0.05) is 12.0 Å². The largest absolute Gasteiger partial charge is 0.358 e. The molecule has 1 heterocycles. The Bertz CT molecular complexity index is 688. The highest BCUT2D eigenvalue weighted by Crippen LogP contribution is 2.38. The average molecular weight is 288 g/mol. The Morgan fingerprint density at radius 1 is 1.45 bits per heavy atom. The Balaban J connectivity index is 2.40. The highest BCUT2D eigenvalue weighted by molar-refractivity contribution is 7.16. The second kappa shape index (κ2) is 5.67. The third kappa shape index (κ3) is 2.75. The molecule has 0 unspecified atom stereocenters. The zero-order chi connectivity index (χ0) is 14.7. The van der Waals surface area contributed by atoms with Crippen LogP contribution in [0.4, 0.5) is 22.2 Å². The van der Waals surface area contributed by atoms with E-state index in [0.29, 0.717) is 10.7 Å². The zero-order valence-corrected chi connectivity index (χ0v) is 11.8. The maximum atomic E-state index is 11.0.